The Morgan fingerprint density at radius 1 is 1.15 bits per heavy atom. The van der Waals surface area contributed by atoms with Gasteiger partial charge in [-0.25, -0.2) is 4.98 Å². The first-order chi connectivity index (χ1) is 13.1. The van der Waals surface area contributed by atoms with E-state index in [-0.39, 0.29) is 11.5 Å². The van der Waals surface area contributed by atoms with Crippen molar-refractivity contribution in [2.24, 2.45) is 0 Å². The Kier molecular flexibility index (Phi) is 6.13. The van der Waals surface area contributed by atoms with E-state index in [1.807, 2.05) is 31.2 Å². The normalized spacial score (nSPS) is 11.9. The molecule has 2 aromatic carbocycles. The summed E-state index contributed by atoms with van der Waals surface area (Å²) in [4.78, 5) is 28.7. The molecule has 0 saturated heterocycles. The number of ether oxygens (including phenoxy) is 2. The zero-order valence-corrected chi connectivity index (χ0v) is 15.8. The molecule has 1 atom stereocenters. The van der Waals surface area contributed by atoms with Crippen LogP contribution in [0.25, 0.3) is 11.1 Å². The second-order valence-electron chi connectivity index (χ2n) is 5.69. The van der Waals surface area contributed by atoms with Crippen molar-refractivity contribution in [3.8, 4) is 5.75 Å². The summed E-state index contributed by atoms with van der Waals surface area (Å²) in [5, 5.41) is 0.388. The molecule has 0 spiro atoms. The fraction of sp³-hybridized carbons (Fsp3) is 0.250. The number of hydrogen-bond acceptors (Lipinski definition) is 7. The van der Waals surface area contributed by atoms with Crippen LogP contribution in [0.2, 0.25) is 0 Å². The summed E-state index contributed by atoms with van der Waals surface area (Å²) in [6.07, 6.45) is -0.875. The van der Waals surface area contributed by atoms with Crippen molar-refractivity contribution in [1.82, 2.24) is 4.98 Å². The molecular weight excluding hydrogens is 366 g/mol. The van der Waals surface area contributed by atoms with Gasteiger partial charge in [-0.05, 0) is 50.2 Å². The third-order valence-corrected chi connectivity index (χ3v) is 4.52. The highest BCUT2D eigenvalue weighted by atomic mass is 32.2. The van der Waals surface area contributed by atoms with Gasteiger partial charge in [-0.1, -0.05) is 23.9 Å². The Labute approximate surface area is 160 Å². The number of Topliss-reactive ketones (excluding diaryl/α,β-unsaturated/α-hetero) is 1. The van der Waals surface area contributed by atoms with Crippen molar-refractivity contribution in [3.05, 3.63) is 54.1 Å². The topological polar surface area (TPSA) is 78.6 Å². The summed E-state index contributed by atoms with van der Waals surface area (Å²) in [7, 11) is 0. The van der Waals surface area contributed by atoms with Crippen molar-refractivity contribution in [3.63, 3.8) is 0 Å². The van der Waals surface area contributed by atoms with Crippen molar-refractivity contribution in [2.75, 3.05) is 12.4 Å². The summed E-state index contributed by atoms with van der Waals surface area (Å²) >= 11 is 1.13. The van der Waals surface area contributed by atoms with Crippen LogP contribution >= 0.6 is 11.8 Å². The molecule has 3 rings (SSSR count). The van der Waals surface area contributed by atoms with Crippen LogP contribution < -0.4 is 4.74 Å². The number of oxazole rings is 1. The molecule has 7 heteroatoms. The third kappa shape index (κ3) is 4.89. The number of fused-ring (bicyclic) bond motifs is 1. The smallest absolute Gasteiger partial charge is 0.317 e. The molecule has 0 N–H and O–H groups in total. The molecule has 0 amide bonds. The molecule has 3 aromatic rings. The summed E-state index contributed by atoms with van der Waals surface area (Å²) < 4.78 is 16.1. The Hall–Kier alpha value is -2.80. The molecule has 1 aromatic heterocycles. The number of thioether (sulfide) groups is 1. The lowest BCUT2D eigenvalue weighted by Gasteiger charge is -2.12. The number of rotatable bonds is 8. The largest absolute Gasteiger partial charge is 0.494 e. The molecule has 1 heterocycles. The van der Waals surface area contributed by atoms with Gasteiger partial charge in [0.25, 0.3) is 5.22 Å². The number of benzene rings is 2. The molecule has 0 radical (unpaired) electrons. The average Bonchev–Trinajstić information content (AvgIpc) is 3.09. The van der Waals surface area contributed by atoms with Gasteiger partial charge in [-0.3, -0.25) is 9.59 Å². The summed E-state index contributed by atoms with van der Waals surface area (Å²) in [5.74, 6) is -0.0750. The number of esters is 1. The van der Waals surface area contributed by atoms with Crippen LogP contribution in [0, 0.1) is 0 Å². The van der Waals surface area contributed by atoms with Crippen LogP contribution in [0.4, 0.5) is 0 Å². The molecule has 0 aliphatic rings. The van der Waals surface area contributed by atoms with Gasteiger partial charge in [0.2, 0.25) is 5.78 Å². The number of carbonyl (C=O) groups excluding carboxylic acids is 2. The SMILES string of the molecule is CCOc1ccc(C(=O)[C@H](C)OC(=O)CSc2nc3ccccc3o2)cc1. The Bertz CT molecular complexity index is 902. The van der Waals surface area contributed by atoms with E-state index >= 15 is 0 Å². The minimum atomic E-state index is -0.875. The molecule has 0 fully saturated rings. The quantitative estimate of drug-likeness (QED) is 0.328. The Balaban J connectivity index is 1.52. The van der Waals surface area contributed by atoms with Gasteiger partial charge in [0.1, 0.15) is 17.0 Å². The maximum atomic E-state index is 12.4. The van der Waals surface area contributed by atoms with Crippen LogP contribution in [0.3, 0.4) is 0 Å². The van der Waals surface area contributed by atoms with Gasteiger partial charge in [0, 0.05) is 5.56 Å². The minimum Gasteiger partial charge on any atom is -0.494 e. The zero-order chi connectivity index (χ0) is 19.2. The van der Waals surface area contributed by atoms with Crippen LogP contribution in [0.1, 0.15) is 24.2 Å². The van der Waals surface area contributed by atoms with Crippen molar-refractivity contribution in [2.45, 2.75) is 25.2 Å². The van der Waals surface area contributed by atoms with E-state index in [1.165, 1.54) is 0 Å². The monoisotopic (exact) mass is 385 g/mol. The highest BCUT2D eigenvalue weighted by molar-refractivity contribution is 7.99. The average molecular weight is 385 g/mol. The van der Waals surface area contributed by atoms with Gasteiger partial charge in [-0.15, -0.1) is 0 Å². The number of carbonyl (C=O) groups is 2. The zero-order valence-electron chi connectivity index (χ0n) is 15.0. The number of nitrogens with zero attached hydrogens (tertiary/aromatic N) is 1. The standard InChI is InChI=1S/C20H19NO5S/c1-3-24-15-10-8-14(9-11-15)19(23)13(2)25-18(22)12-27-20-21-16-6-4-5-7-17(16)26-20/h4-11,13H,3,12H2,1-2H3/t13-/m0/s1. The van der Waals surface area contributed by atoms with Crippen LogP contribution in [-0.4, -0.2) is 35.2 Å². The second-order valence-corrected chi connectivity index (χ2v) is 6.62. The highest BCUT2D eigenvalue weighted by Crippen LogP contribution is 2.23. The number of hydrogen-bond donors (Lipinski definition) is 0. The fourth-order valence-corrected chi connectivity index (χ4v) is 3.06. The third-order valence-electron chi connectivity index (χ3n) is 3.72. The first kappa shape index (κ1) is 19.0. The number of para-hydroxylation sites is 2. The molecule has 0 unspecified atom stereocenters. The number of aromatic nitrogens is 1. The predicted octanol–water partition coefficient (Wildman–Crippen LogP) is 4.13. The van der Waals surface area contributed by atoms with Crippen LogP contribution in [-0.2, 0) is 9.53 Å². The Morgan fingerprint density at radius 3 is 2.59 bits per heavy atom. The fourth-order valence-electron chi connectivity index (χ4n) is 2.43. The first-order valence-corrected chi connectivity index (χ1v) is 9.50. The van der Waals surface area contributed by atoms with E-state index in [0.29, 0.717) is 28.7 Å². The van der Waals surface area contributed by atoms with Crippen LogP contribution in [0.5, 0.6) is 5.75 Å². The Morgan fingerprint density at radius 2 is 1.89 bits per heavy atom. The lowest BCUT2D eigenvalue weighted by atomic mass is 10.1. The summed E-state index contributed by atoms with van der Waals surface area (Å²) in [5.41, 5.74) is 1.85. The van der Waals surface area contributed by atoms with E-state index in [9.17, 15) is 9.59 Å². The van der Waals surface area contributed by atoms with E-state index in [1.54, 1.807) is 31.2 Å². The van der Waals surface area contributed by atoms with Gasteiger partial charge < -0.3 is 13.9 Å². The maximum Gasteiger partial charge on any atom is 0.317 e. The molecule has 27 heavy (non-hydrogen) atoms. The van der Waals surface area contributed by atoms with Crippen molar-refractivity contribution >= 4 is 34.6 Å². The van der Waals surface area contributed by atoms with E-state index in [4.69, 9.17) is 13.9 Å². The minimum absolute atomic E-state index is 0.00766. The molecular formula is C20H19NO5S. The first-order valence-electron chi connectivity index (χ1n) is 8.51. The van der Waals surface area contributed by atoms with Gasteiger partial charge in [0.05, 0.1) is 6.61 Å². The molecule has 6 nitrogen and oxygen atoms in total. The summed E-state index contributed by atoms with van der Waals surface area (Å²) in [6.45, 7) is 4.00. The van der Waals surface area contributed by atoms with Crippen molar-refractivity contribution < 1.29 is 23.5 Å². The second kappa shape index (κ2) is 8.73. The van der Waals surface area contributed by atoms with Crippen LogP contribution in [0.15, 0.2) is 58.2 Å². The lowest BCUT2D eigenvalue weighted by molar-refractivity contribution is -0.143. The van der Waals surface area contributed by atoms with Gasteiger partial charge in [-0.2, -0.15) is 0 Å². The molecule has 0 aliphatic carbocycles. The van der Waals surface area contributed by atoms with Gasteiger partial charge >= 0.3 is 5.97 Å². The van der Waals surface area contributed by atoms with E-state index in [0.717, 1.165) is 17.3 Å². The van der Waals surface area contributed by atoms with Crippen molar-refractivity contribution in [1.29, 1.82) is 0 Å². The molecule has 140 valence electrons. The highest BCUT2D eigenvalue weighted by Gasteiger charge is 2.20. The predicted molar refractivity (Wildman–Crippen MR) is 102 cm³/mol. The molecule has 0 aliphatic heterocycles. The lowest BCUT2D eigenvalue weighted by Crippen LogP contribution is -2.25. The number of ketones is 1. The van der Waals surface area contributed by atoms with E-state index in [2.05, 4.69) is 4.98 Å². The summed E-state index contributed by atoms with van der Waals surface area (Å²) in [6, 6.07) is 14.1. The van der Waals surface area contributed by atoms with Gasteiger partial charge in [0.15, 0.2) is 11.7 Å². The molecule has 0 bridgehead atoms. The molecule has 0 saturated carbocycles. The van der Waals surface area contributed by atoms with E-state index < -0.39 is 12.1 Å². The maximum absolute atomic E-state index is 12.4.